The highest BCUT2D eigenvalue weighted by molar-refractivity contribution is 7.89. The second-order valence-electron chi connectivity index (χ2n) is 6.30. The van der Waals surface area contributed by atoms with Crippen molar-refractivity contribution in [3.8, 4) is 5.75 Å². The summed E-state index contributed by atoms with van der Waals surface area (Å²) in [6, 6.07) is 3.93. The number of carbonyl (C=O) groups excluding carboxylic acids is 1. The molecule has 0 aromatic heterocycles. The van der Waals surface area contributed by atoms with E-state index >= 15 is 0 Å². The van der Waals surface area contributed by atoms with Gasteiger partial charge in [0.05, 0.1) is 16.0 Å². The van der Waals surface area contributed by atoms with Gasteiger partial charge in [-0.05, 0) is 43.9 Å². The lowest BCUT2D eigenvalue weighted by atomic mass is 9.94. The molecule has 1 aliphatic rings. The van der Waals surface area contributed by atoms with Crippen molar-refractivity contribution in [3.63, 3.8) is 0 Å². The third-order valence-corrected chi connectivity index (χ3v) is 5.90. The Hall–Kier alpha value is -1.35. The largest absolute Gasteiger partial charge is 0.482 e. The molecule has 7 nitrogen and oxygen atoms in total. The minimum atomic E-state index is -3.71. The van der Waals surface area contributed by atoms with E-state index in [2.05, 4.69) is 4.72 Å². The van der Waals surface area contributed by atoms with Gasteiger partial charge in [0.2, 0.25) is 10.0 Å². The number of carbonyl (C=O) groups is 1. The number of rotatable bonds is 6. The maximum absolute atomic E-state index is 12.5. The first kappa shape index (κ1) is 20.0. The zero-order valence-electron chi connectivity index (χ0n) is 14.2. The maximum Gasteiger partial charge on any atom is 0.259 e. The molecular formula is C16H23ClN2O5S. The Bertz CT molecular complexity index is 715. The van der Waals surface area contributed by atoms with E-state index in [9.17, 15) is 18.3 Å². The second kappa shape index (κ2) is 8.35. The monoisotopic (exact) mass is 390 g/mol. The van der Waals surface area contributed by atoms with Gasteiger partial charge in [-0.25, -0.2) is 13.1 Å². The summed E-state index contributed by atoms with van der Waals surface area (Å²) in [5.74, 6) is 0.0190. The lowest BCUT2D eigenvalue weighted by Gasteiger charge is -2.26. The number of halogens is 1. The number of hydrogen-bond donors (Lipinski definition) is 2. The first-order valence-corrected chi connectivity index (χ1v) is 9.88. The van der Waals surface area contributed by atoms with Crippen molar-refractivity contribution in [1.82, 2.24) is 9.62 Å². The van der Waals surface area contributed by atoms with Crippen LogP contribution in [0.5, 0.6) is 5.75 Å². The highest BCUT2D eigenvalue weighted by Crippen LogP contribution is 2.28. The lowest BCUT2D eigenvalue weighted by molar-refractivity contribution is -0.130. The predicted octanol–water partition coefficient (Wildman–Crippen LogP) is 1.39. The number of nitrogens with one attached hydrogen (secondary N) is 1. The number of nitrogens with zero attached hydrogens (tertiary/aromatic N) is 1. The van der Waals surface area contributed by atoms with E-state index in [1.165, 1.54) is 23.1 Å². The molecule has 0 heterocycles. The molecule has 0 spiro atoms. The Morgan fingerprint density at radius 2 is 1.96 bits per heavy atom. The predicted molar refractivity (Wildman–Crippen MR) is 94.2 cm³/mol. The van der Waals surface area contributed by atoms with E-state index in [1.54, 1.807) is 14.1 Å². The van der Waals surface area contributed by atoms with Crippen molar-refractivity contribution >= 4 is 27.5 Å². The molecule has 140 valence electrons. The Morgan fingerprint density at radius 1 is 1.32 bits per heavy atom. The van der Waals surface area contributed by atoms with E-state index in [-0.39, 0.29) is 40.3 Å². The number of ether oxygens (including phenoxy) is 1. The quantitative estimate of drug-likeness (QED) is 0.765. The molecule has 1 saturated carbocycles. The summed E-state index contributed by atoms with van der Waals surface area (Å²) in [7, 11) is -0.488. The first-order chi connectivity index (χ1) is 11.7. The average molecular weight is 391 g/mol. The molecule has 2 N–H and O–H groups in total. The minimum Gasteiger partial charge on any atom is -0.482 e. The molecular weight excluding hydrogens is 368 g/mol. The van der Waals surface area contributed by atoms with E-state index in [1.807, 2.05) is 0 Å². The van der Waals surface area contributed by atoms with E-state index in [0.717, 1.165) is 0 Å². The van der Waals surface area contributed by atoms with Gasteiger partial charge in [0.1, 0.15) is 5.75 Å². The zero-order chi connectivity index (χ0) is 18.6. The van der Waals surface area contributed by atoms with Gasteiger partial charge in [-0.2, -0.15) is 0 Å². The molecule has 0 saturated heterocycles. The van der Waals surface area contributed by atoms with Gasteiger partial charge in [-0.1, -0.05) is 11.6 Å². The molecule has 0 aliphatic heterocycles. The van der Waals surface area contributed by atoms with Crippen LogP contribution in [0.2, 0.25) is 5.02 Å². The van der Waals surface area contributed by atoms with Crippen molar-refractivity contribution in [2.24, 2.45) is 0 Å². The van der Waals surface area contributed by atoms with Crippen LogP contribution >= 0.6 is 11.6 Å². The fourth-order valence-corrected chi connectivity index (χ4v) is 4.15. The SMILES string of the molecule is CN(C)C(=O)COc1ccc(S(=O)(=O)NC2CCC(O)CC2)cc1Cl. The van der Waals surface area contributed by atoms with Gasteiger partial charge in [-0.3, -0.25) is 4.79 Å². The lowest BCUT2D eigenvalue weighted by Crippen LogP contribution is -2.38. The molecule has 9 heteroatoms. The highest BCUT2D eigenvalue weighted by atomic mass is 35.5. The van der Waals surface area contributed by atoms with Crippen molar-refractivity contribution in [3.05, 3.63) is 23.2 Å². The molecule has 0 atom stereocenters. The minimum absolute atomic E-state index is 0.0370. The third-order valence-electron chi connectivity index (χ3n) is 4.08. The summed E-state index contributed by atoms with van der Waals surface area (Å²) in [5.41, 5.74) is 0. The fourth-order valence-electron chi connectivity index (χ4n) is 2.52. The van der Waals surface area contributed by atoms with E-state index < -0.39 is 10.0 Å². The van der Waals surface area contributed by atoms with Gasteiger partial charge in [0.15, 0.2) is 6.61 Å². The van der Waals surface area contributed by atoms with Crippen LogP contribution in [0.25, 0.3) is 0 Å². The van der Waals surface area contributed by atoms with Crippen molar-refractivity contribution < 1.29 is 23.1 Å². The Labute approximate surface area is 153 Å². The number of benzene rings is 1. The van der Waals surface area contributed by atoms with Crippen LogP contribution < -0.4 is 9.46 Å². The van der Waals surface area contributed by atoms with Gasteiger partial charge in [0.25, 0.3) is 5.91 Å². The molecule has 1 aliphatic carbocycles. The first-order valence-electron chi connectivity index (χ1n) is 8.02. The number of aliphatic hydroxyl groups is 1. The fraction of sp³-hybridized carbons (Fsp3) is 0.562. The number of aliphatic hydroxyl groups excluding tert-OH is 1. The summed E-state index contributed by atoms with van der Waals surface area (Å²) >= 11 is 6.09. The summed E-state index contributed by atoms with van der Waals surface area (Å²) in [6.45, 7) is -0.179. The van der Waals surface area contributed by atoms with Gasteiger partial charge in [-0.15, -0.1) is 0 Å². The number of sulfonamides is 1. The molecule has 2 rings (SSSR count). The van der Waals surface area contributed by atoms with Crippen LogP contribution in [-0.2, 0) is 14.8 Å². The summed E-state index contributed by atoms with van der Waals surface area (Å²) in [4.78, 5) is 13.0. The smallest absolute Gasteiger partial charge is 0.259 e. The number of amides is 1. The molecule has 1 aromatic carbocycles. The average Bonchev–Trinajstić information content (AvgIpc) is 2.55. The summed E-state index contributed by atoms with van der Waals surface area (Å²) < 4.78 is 32.9. The zero-order valence-corrected chi connectivity index (χ0v) is 15.8. The molecule has 25 heavy (non-hydrogen) atoms. The van der Waals surface area contributed by atoms with Crippen LogP contribution in [0, 0.1) is 0 Å². The molecule has 0 radical (unpaired) electrons. The van der Waals surface area contributed by atoms with Gasteiger partial charge in [0, 0.05) is 20.1 Å². The highest BCUT2D eigenvalue weighted by Gasteiger charge is 2.25. The molecule has 0 unspecified atom stereocenters. The normalized spacial score (nSPS) is 21.0. The van der Waals surface area contributed by atoms with E-state index in [4.69, 9.17) is 16.3 Å². The van der Waals surface area contributed by atoms with Crippen LogP contribution in [-0.4, -0.2) is 57.2 Å². The maximum atomic E-state index is 12.5. The van der Waals surface area contributed by atoms with Crippen LogP contribution in [0.1, 0.15) is 25.7 Å². The Kier molecular flexibility index (Phi) is 6.67. The van der Waals surface area contributed by atoms with Gasteiger partial charge >= 0.3 is 0 Å². The van der Waals surface area contributed by atoms with Gasteiger partial charge < -0.3 is 14.7 Å². The Balaban J connectivity index is 2.04. The number of hydrogen-bond acceptors (Lipinski definition) is 5. The van der Waals surface area contributed by atoms with Crippen molar-refractivity contribution in [1.29, 1.82) is 0 Å². The Morgan fingerprint density at radius 3 is 2.52 bits per heavy atom. The summed E-state index contributed by atoms with van der Waals surface area (Å²) in [5, 5.41) is 9.62. The third kappa shape index (κ3) is 5.57. The van der Waals surface area contributed by atoms with Crippen molar-refractivity contribution in [2.45, 2.75) is 42.7 Å². The van der Waals surface area contributed by atoms with Crippen LogP contribution in [0.15, 0.2) is 23.1 Å². The van der Waals surface area contributed by atoms with Crippen molar-refractivity contribution in [2.75, 3.05) is 20.7 Å². The second-order valence-corrected chi connectivity index (χ2v) is 8.42. The molecule has 1 aromatic rings. The van der Waals surface area contributed by atoms with Crippen LogP contribution in [0.3, 0.4) is 0 Å². The van der Waals surface area contributed by atoms with E-state index in [0.29, 0.717) is 25.7 Å². The topological polar surface area (TPSA) is 95.9 Å². The molecule has 1 fully saturated rings. The summed E-state index contributed by atoms with van der Waals surface area (Å²) in [6.07, 6.45) is 2.02. The molecule has 1 amide bonds. The van der Waals surface area contributed by atoms with Crippen LogP contribution in [0.4, 0.5) is 0 Å². The standard InChI is InChI=1S/C16H23ClN2O5S/c1-19(2)16(21)10-24-15-8-7-13(9-14(15)17)25(22,23)18-11-3-5-12(20)6-4-11/h7-9,11-12,18,20H,3-6,10H2,1-2H3. The number of likely N-dealkylation sites (N-methyl/N-ethyl adjacent to an activating group) is 1. The molecule has 0 bridgehead atoms.